The summed E-state index contributed by atoms with van der Waals surface area (Å²) in [6.45, 7) is 2.15. The Morgan fingerprint density at radius 3 is 2.70 bits per heavy atom. The third-order valence-corrected chi connectivity index (χ3v) is 4.55. The second-order valence-corrected chi connectivity index (χ2v) is 5.98. The molecule has 2 aromatic carbocycles. The van der Waals surface area contributed by atoms with E-state index in [-0.39, 0.29) is 0 Å². The predicted octanol–water partition coefficient (Wildman–Crippen LogP) is 4.74. The summed E-state index contributed by atoms with van der Waals surface area (Å²) < 4.78 is 3.16. The van der Waals surface area contributed by atoms with Crippen molar-refractivity contribution in [1.82, 2.24) is 9.55 Å². The standard InChI is InChI=1S/C17H16N2S/c1-11-6-5-9-14-16(11)19(17(20)18-14)15-10-13(15)12-7-3-2-4-8-12/h2-9,13,15H,10H2,1H3,(H,18,20). The first kappa shape index (κ1) is 11.9. The Kier molecular flexibility index (Phi) is 2.57. The number of hydrogen-bond acceptors (Lipinski definition) is 1. The van der Waals surface area contributed by atoms with Gasteiger partial charge in [0.25, 0.3) is 0 Å². The highest BCUT2D eigenvalue weighted by Gasteiger charge is 2.41. The molecule has 4 rings (SSSR count). The summed E-state index contributed by atoms with van der Waals surface area (Å²) in [5.74, 6) is 0.599. The fourth-order valence-electron chi connectivity index (χ4n) is 3.20. The van der Waals surface area contributed by atoms with Gasteiger partial charge in [-0.3, -0.25) is 0 Å². The van der Waals surface area contributed by atoms with Crippen LogP contribution in [0.5, 0.6) is 0 Å². The van der Waals surface area contributed by atoms with E-state index in [1.54, 1.807) is 0 Å². The minimum Gasteiger partial charge on any atom is -0.331 e. The van der Waals surface area contributed by atoms with E-state index in [1.165, 1.54) is 23.1 Å². The van der Waals surface area contributed by atoms with E-state index in [9.17, 15) is 0 Å². The molecule has 1 aliphatic rings. The summed E-state index contributed by atoms with van der Waals surface area (Å²) in [4.78, 5) is 3.34. The Bertz CT molecular complexity index is 829. The molecule has 0 amide bonds. The fourth-order valence-corrected chi connectivity index (χ4v) is 3.54. The SMILES string of the molecule is Cc1cccc2[nH]c(=S)n(C3CC3c3ccccc3)c12. The van der Waals surface area contributed by atoms with E-state index in [4.69, 9.17) is 12.2 Å². The summed E-state index contributed by atoms with van der Waals surface area (Å²) in [6.07, 6.45) is 1.18. The third-order valence-electron chi connectivity index (χ3n) is 4.26. The lowest BCUT2D eigenvalue weighted by Gasteiger charge is -2.06. The van der Waals surface area contributed by atoms with Crippen LogP contribution in [0.4, 0.5) is 0 Å². The van der Waals surface area contributed by atoms with Crippen molar-refractivity contribution in [3.63, 3.8) is 0 Å². The number of imidazole rings is 1. The number of fused-ring (bicyclic) bond motifs is 1. The first-order chi connectivity index (χ1) is 9.75. The van der Waals surface area contributed by atoms with E-state index in [1.807, 2.05) is 0 Å². The molecular formula is C17H16N2S. The highest BCUT2D eigenvalue weighted by molar-refractivity contribution is 7.71. The molecule has 3 heteroatoms. The Labute approximate surface area is 123 Å². The number of rotatable bonds is 2. The zero-order valence-corrected chi connectivity index (χ0v) is 12.2. The molecule has 2 unspecified atom stereocenters. The van der Waals surface area contributed by atoms with E-state index in [0.717, 1.165) is 10.3 Å². The van der Waals surface area contributed by atoms with Crippen LogP contribution in [0.3, 0.4) is 0 Å². The minimum absolute atomic E-state index is 0.500. The van der Waals surface area contributed by atoms with E-state index >= 15 is 0 Å². The molecule has 3 aromatic rings. The largest absolute Gasteiger partial charge is 0.331 e. The van der Waals surface area contributed by atoms with E-state index < -0.39 is 0 Å². The normalized spacial score (nSPS) is 21.2. The molecule has 2 nitrogen and oxygen atoms in total. The second-order valence-electron chi connectivity index (χ2n) is 5.59. The lowest BCUT2D eigenvalue weighted by atomic mass is 10.1. The molecule has 1 N–H and O–H groups in total. The Morgan fingerprint density at radius 1 is 1.10 bits per heavy atom. The molecule has 0 bridgehead atoms. The summed E-state index contributed by atoms with van der Waals surface area (Å²) >= 11 is 5.54. The van der Waals surface area contributed by atoms with Crippen molar-refractivity contribution < 1.29 is 0 Å². The molecule has 0 aliphatic heterocycles. The van der Waals surface area contributed by atoms with Gasteiger partial charge < -0.3 is 9.55 Å². The predicted molar refractivity (Wildman–Crippen MR) is 84.7 cm³/mol. The number of H-pyrrole nitrogens is 1. The maximum atomic E-state index is 5.54. The van der Waals surface area contributed by atoms with Gasteiger partial charge in [0.1, 0.15) is 0 Å². The van der Waals surface area contributed by atoms with Gasteiger partial charge in [0.2, 0.25) is 0 Å². The van der Waals surface area contributed by atoms with Gasteiger partial charge >= 0.3 is 0 Å². The van der Waals surface area contributed by atoms with Crippen molar-refractivity contribution in [3.8, 4) is 0 Å². The number of hydrogen-bond donors (Lipinski definition) is 1. The van der Waals surface area contributed by atoms with Crippen molar-refractivity contribution in [2.24, 2.45) is 0 Å². The Balaban J connectivity index is 1.82. The number of nitrogens with zero attached hydrogens (tertiary/aromatic N) is 1. The van der Waals surface area contributed by atoms with Gasteiger partial charge in [-0.1, -0.05) is 42.5 Å². The molecule has 1 fully saturated rings. The van der Waals surface area contributed by atoms with Crippen LogP contribution in [0.25, 0.3) is 11.0 Å². The Hall–Kier alpha value is -1.87. The number of para-hydroxylation sites is 1. The molecule has 1 saturated carbocycles. The van der Waals surface area contributed by atoms with Gasteiger partial charge in [-0.15, -0.1) is 0 Å². The van der Waals surface area contributed by atoms with Gasteiger partial charge in [-0.25, -0.2) is 0 Å². The van der Waals surface area contributed by atoms with Gasteiger partial charge in [0.05, 0.1) is 11.0 Å². The lowest BCUT2D eigenvalue weighted by Crippen LogP contribution is -1.97. The fraction of sp³-hybridized carbons (Fsp3) is 0.235. The van der Waals surface area contributed by atoms with Crippen molar-refractivity contribution in [3.05, 3.63) is 64.4 Å². The lowest BCUT2D eigenvalue weighted by molar-refractivity contribution is 0.727. The van der Waals surface area contributed by atoms with Gasteiger partial charge in [0.15, 0.2) is 4.77 Å². The van der Waals surface area contributed by atoms with E-state index in [2.05, 4.69) is 65.0 Å². The van der Waals surface area contributed by atoms with Crippen molar-refractivity contribution >= 4 is 23.3 Å². The first-order valence-electron chi connectivity index (χ1n) is 7.00. The summed E-state index contributed by atoms with van der Waals surface area (Å²) in [7, 11) is 0. The zero-order chi connectivity index (χ0) is 13.7. The van der Waals surface area contributed by atoms with Gasteiger partial charge in [-0.2, -0.15) is 0 Å². The van der Waals surface area contributed by atoms with Crippen molar-refractivity contribution in [2.45, 2.75) is 25.3 Å². The van der Waals surface area contributed by atoms with Crippen LogP contribution < -0.4 is 0 Å². The van der Waals surface area contributed by atoms with Gasteiger partial charge in [-0.05, 0) is 42.8 Å². The number of benzene rings is 2. The molecule has 2 atom stereocenters. The van der Waals surface area contributed by atoms with Crippen LogP contribution in [-0.4, -0.2) is 9.55 Å². The van der Waals surface area contributed by atoms with E-state index in [0.29, 0.717) is 12.0 Å². The third kappa shape index (κ3) is 1.74. The summed E-state index contributed by atoms with van der Waals surface area (Å²) in [6, 6.07) is 17.6. The van der Waals surface area contributed by atoms with Crippen LogP contribution in [0.2, 0.25) is 0 Å². The van der Waals surface area contributed by atoms with Crippen molar-refractivity contribution in [2.75, 3.05) is 0 Å². The molecule has 1 aromatic heterocycles. The maximum Gasteiger partial charge on any atom is 0.178 e. The topological polar surface area (TPSA) is 20.7 Å². The number of aromatic nitrogens is 2. The molecule has 20 heavy (non-hydrogen) atoms. The monoisotopic (exact) mass is 280 g/mol. The summed E-state index contributed by atoms with van der Waals surface area (Å²) in [5.41, 5.74) is 5.12. The van der Waals surface area contributed by atoms with Crippen LogP contribution in [0.1, 0.15) is 29.5 Å². The molecule has 0 spiro atoms. The van der Waals surface area contributed by atoms with Crippen LogP contribution in [-0.2, 0) is 0 Å². The number of nitrogens with one attached hydrogen (secondary N) is 1. The maximum absolute atomic E-state index is 5.54. The molecule has 1 heterocycles. The number of aryl methyl sites for hydroxylation is 1. The van der Waals surface area contributed by atoms with Crippen LogP contribution >= 0.6 is 12.2 Å². The quantitative estimate of drug-likeness (QED) is 0.673. The second kappa shape index (κ2) is 4.32. The van der Waals surface area contributed by atoms with Crippen LogP contribution in [0, 0.1) is 11.7 Å². The number of aromatic amines is 1. The molecular weight excluding hydrogens is 264 g/mol. The summed E-state index contributed by atoms with van der Waals surface area (Å²) in [5, 5.41) is 0. The smallest absolute Gasteiger partial charge is 0.178 e. The average molecular weight is 280 g/mol. The average Bonchev–Trinajstić information content (AvgIpc) is 3.16. The highest BCUT2D eigenvalue weighted by atomic mass is 32.1. The molecule has 0 saturated heterocycles. The van der Waals surface area contributed by atoms with Crippen molar-refractivity contribution in [1.29, 1.82) is 0 Å². The molecule has 100 valence electrons. The highest BCUT2D eigenvalue weighted by Crippen LogP contribution is 2.52. The van der Waals surface area contributed by atoms with Crippen LogP contribution in [0.15, 0.2) is 48.5 Å². The van der Waals surface area contributed by atoms with Gasteiger partial charge in [0, 0.05) is 12.0 Å². The first-order valence-corrected chi connectivity index (χ1v) is 7.41. The molecule has 1 aliphatic carbocycles. The Morgan fingerprint density at radius 2 is 1.90 bits per heavy atom. The minimum atomic E-state index is 0.500. The zero-order valence-electron chi connectivity index (χ0n) is 11.3. The molecule has 0 radical (unpaired) electrons.